The molecule has 294 valence electrons. The number of rotatable bonds is 9. The number of hydrogen-bond acceptors (Lipinski definition) is 12. The molecule has 0 atom stereocenters. The van der Waals surface area contributed by atoms with Crippen molar-refractivity contribution < 1.29 is 62.9 Å². The van der Waals surface area contributed by atoms with Gasteiger partial charge in [-0.3, -0.25) is 10.1 Å². The van der Waals surface area contributed by atoms with Gasteiger partial charge in [-0.15, -0.1) is 33.7 Å². The largest absolute Gasteiger partial charge is 0.478 e. The van der Waals surface area contributed by atoms with Gasteiger partial charge in [-0.2, -0.15) is 26.3 Å². The van der Waals surface area contributed by atoms with Crippen molar-refractivity contribution >= 4 is 78.0 Å². The van der Waals surface area contributed by atoms with Crippen molar-refractivity contribution in [2.24, 2.45) is 0 Å². The number of nitrogens with two attached hydrogens (primary N) is 1. The zero-order chi connectivity index (χ0) is 40.7. The molecule has 0 unspecified atom stereocenters. The van der Waals surface area contributed by atoms with Crippen molar-refractivity contribution in [3.05, 3.63) is 69.9 Å². The molecular formula is C28H28Cl2F8N6O6S3. The molecule has 2 aromatic carbocycles. The molecule has 4 aromatic rings. The van der Waals surface area contributed by atoms with Crippen LogP contribution in [0.1, 0.15) is 70.3 Å². The molecule has 25 heteroatoms. The number of amides is 1. The molecular weight excluding hydrogens is 835 g/mol. The number of carbonyl (C=O) groups is 2. The maximum atomic E-state index is 14.5. The summed E-state index contributed by atoms with van der Waals surface area (Å²) in [6.45, 7) is 6.66. The van der Waals surface area contributed by atoms with E-state index in [1.807, 2.05) is 0 Å². The molecule has 1 amide bonds. The number of aromatic carboxylic acids is 1. The van der Waals surface area contributed by atoms with E-state index in [2.05, 4.69) is 51.5 Å². The minimum absolute atomic E-state index is 0.123. The van der Waals surface area contributed by atoms with Gasteiger partial charge >= 0.3 is 30.4 Å². The first-order valence-electron chi connectivity index (χ1n) is 14.2. The molecule has 12 nitrogen and oxygen atoms in total. The van der Waals surface area contributed by atoms with Crippen LogP contribution in [0, 0.1) is 25.5 Å². The highest BCUT2D eigenvalue weighted by atomic mass is 36.0. The van der Waals surface area contributed by atoms with Crippen LogP contribution in [0.25, 0.3) is 0 Å². The molecule has 0 aliphatic heterocycles. The Morgan fingerprint density at radius 3 is 1.55 bits per heavy atom. The third kappa shape index (κ3) is 16.1. The highest BCUT2D eigenvalue weighted by Gasteiger charge is 2.37. The maximum Gasteiger partial charge on any atom is 0.417 e. The molecule has 0 aliphatic rings. The number of aromatic nitrogens is 4. The van der Waals surface area contributed by atoms with Gasteiger partial charge in [0.15, 0.2) is 5.82 Å². The standard InChI is InChI=1S/C14H13F4N3O2S.C11H10F4O2S.C3H5N3O.Cl2OS/c1-3-6-24-11-9(14(16,17)18)5-4-8(10(11)15)12(22)19-13-21-20-7(2)23-13;1-2-5-18-9-7(11(13,14)15)4-3-6(8(9)12)10(16)17;1-2-5-6-3(4)7-2;1-4(2)3/h4-5H,3,6H2,1-2H3,(H,19,21,22);3-4H,2,5H2,1H3,(H,16,17);1H3,(H2,4,6);. The lowest BCUT2D eigenvalue weighted by molar-refractivity contribution is -0.140. The van der Waals surface area contributed by atoms with Crippen LogP contribution >= 0.6 is 44.9 Å². The fraction of sp³-hybridized carbons (Fsp3) is 0.357. The molecule has 0 aliphatic carbocycles. The van der Waals surface area contributed by atoms with Crippen molar-refractivity contribution in [3.63, 3.8) is 0 Å². The van der Waals surface area contributed by atoms with Crippen molar-refractivity contribution in [1.82, 2.24) is 20.4 Å². The number of carboxylic acids is 1. The normalized spacial score (nSPS) is 11.1. The van der Waals surface area contributed by atoms with Crippen LogP contribution in [0.15, 0.2) is 42.9 Å². The maximum absolute atomic E-state index is 14.5. The van der Waals surface area contributed by atoms with Gasteiger partial charge in [0.05, 0.1) is 32.0 Å². The summed E-state index contributed by atoms with van der Waals surface area (Å²) in [4.78, 5) is 21.5. The zero-order valence-electron chi connectivity index (χ0n) is 27.5. The average Bonchev–Trinajstić information content (AvgIpc) is 3.63. The van der Waals surface area contributed by atoms with Gasteiger partial charge in [-0.25, -0.2) is 17.8 Å². The summed E-state index contributed by atoms with van der Waals surface area (Å²) in [5.41, 5.74) is 1.52. The number of aryl methyl sites for hydroxylation is 2. The van der Waals surface area contributed by atoms with Crippen LogP contribution in [0.5, 0.6) is 0 Å². The molecule has 4 N–H and O–H groups in total. The molecule has 2 aromatic heterocycles. The first kappa shape index (κ1) is 47.4. The van der Waals surface area contributed by atoms with Gasteiger partial charge < -0.3 is 19.7 Å². The summed E-state index contributed by atoms with van der Waals surface area (Å²) < 4.78 is 124. The minimum Gasteiger partial charge on any atom is -0.478 e. The highest BCUT2D eigenvalue weighted by molar-refractivity contribution is 8.26. The van der Waals surface area contributed by atoms with Crippen molar-refractivity contribution in [2.75, 3.05) is 22.6 Å². The number of nitrogen functional groups attached to an aromatic ring is 1. The van der Waals surface area contributed by atoms with Gasteiger partial charge in [-0.05, 0) is 48.6 Å². The van der Waals surface area contributed by atoms with Crippen molar-refractivity contribution in [2.45, 2.75) is 62.7 Å². The smallest absolute Gasteiger partial charge is 0.417 e. The van der Waals surface area contributed by atoms with Gasteiger partial charge in [0, 0.05) is 35.2 Å². The number of hydrogen-bond donors (Lipinski definition) is 3. The number of nitrogens with zero attached hydrogens (tertiary/aromatic N) is 4. The number of thioether (sulfide) groups is 2. The Morgan fingerprint density at radius 2 is 1.23 bits per heavy atom. The highest BCUT2D eigenvalue weighted by Crippen LogP contribution is 2.40. The predicted octanol–water partition coefficient (Wildman–Crippen LogP) is 9.34. The molecule has 0 bridgehead atoms. The number of nitrogens with one attached hydrogen (secondary N) is 1. The van der Waals surface area contributed by atoms with Crippen LogP contribution in [0.2, 0.25) is 0 Å². The van der Waals surface area contributed by atoms with Crippen molar-refractivity contribution in [3.8, 4) is 0 Å². The third-order valence-corrected chi connectivity index (χ3v) is 8.07. The number of alkyl halides is 6. The van der Waals surface area contributed by atoms with Crippen LogP contribution in [-0.2, 0) is 21.6 Å². The lowest BCUT2D eigenvalue weighted by Gasteiger charge is -2.15. The summed E-state index contributed by atoms with van der Waals surface area (Å²) in [6.07, 6.45) is -8.30. The average molecular weight is 864 g/mol. The second-order valence-corrected chi connectivity index (χ2v) is 14.3. The van der Waals surface area contributed by atoms with E-state index in [1.54, 1.807) is 20.8 Å². The van der Waals surface area contributed by atoms with Crippen LogP contribution in [-0.4, -0.2) is 53.1 Å². The topological polar surface area (TPSA) is 187 Å². The van der Waals surface area contributed by atoms with E-state index in [9.17, 15) is 44.7 Å². The number of carboxylic acid groups (broad SMARTS) is 1. The van der Waals surface area contributed by atoms with E-state index >= 15 is 0 Å². The Morgan fingerprint density at radius 1 is 0.811 bits per heavy atom. The van der Waals surface area contributed by atoms with Crippen molar-refractivity contribution in [1.29, 1.82) is 0 Å². The van der Waals surface area contributed by atoms with Crippen LogP contribution in [0.4, 0.5) is 47.2 Å². The first-order chi connectivity index (χ1) is 24.5. The fourth-order valence-corrected chi connectivity index (χ4v) is 5.38. The Bertz CT molecular complexity index is 1830. The van der Waals surface area contributed by atoms with Gasteiger partial charge in [0.25, 0.3) is 5.91 Å². The number of anilines is 2. The lowest BCUT2D eigenvalue weighted by atomic mass is 10.1. The predicted molar refractivity (Wildman–Crippen MR) is 182 cm³/mol. The fourth-order valence-electron chi connectivity index (χ4n) is 3.41. The van der Waals surface area contributed by atoms with E-state index in [0.717, 1.165) is 6.07 Å². The molecule has 0 saturated heterocycles. The molecule has 0 saturated carbocycles. The van der Waals surface area contributed by atoms with E-state index < -0.39 is 77.1 Å². The summed E-state index contributed by atoms with van der Waals surface area (Å²) >= 11 is 1.39. The SMILES string of the molecule is CCCSc1c(C(F)(F)F)ccc(C(=O)Nc2nnc(C)o2)c1F.CCCSc1c(C(F)(F)F)ccc(C(=O)O)c1F.Cc1nnc(N)o1.O=S(Cl)Cl. The number of halogens is 10. The Balaban J connectivity index is 0.000000421. The Hall–Kier alpha value is -3.67. The monoisotopic (exact) mass is 862 g/mol. The van der Waals surface area contributed by atoms with Gasteiger partial charge in [0.1, 0.15) is 5.82 Å². The third-order valence-electron chi connectivity index (χ3n) is 5.47. The van der Waals surface area contributed by atoms with E-state index in [1.165, 1.54) is 6.92 Å². The molecule has 0 fully saturated rings. The summed E-state index contributed by atoms with van der Waals surface area (Å²) in [5, 5.41) is 24.7. The molecule has 0 radical (unpaired) electrons. The van der Waals surface area contributed by atoms with E-state index in [-0.39, 0.29) is 29.4 Å². The summed E-state index contributed by atoms with van der Waals surface area (Å²) in [6, 6.07) is 2.57. The van der Waals surface area contributed by atoms with Crippen LogP contribution in [0.3, 0.4) is 0 Å². The zero-order valence-corrected chi connectivity index (χ0v) is 31.5. The number of benzene rings is 2. The number of carbonyl (C=O) groups excluding carboxylic acids is 1. The van der Waals surface area contributed by atoms with Gasteiger partial charge in [0.2, 0.25) is 21.0 Å². The Kier molecular flexibility index (Phi) is 19.6. The Labute approximate surface area is 315 Å². The quantitative estimate of drug-likeness (QED) is 0.0821. The van der Waals surface area contributed by atoms with Gasteiger partial charge in [-0.1, -0.05) is 24.0 Å². The minimum atomic E-state index is -4.71. The molecule has 4 rings (SSSR count). The molecule has 2 heterocycles. The second-order valence-electron chi connectivity index (χ2n) is 9.53. The summed E-state index contributed by atoms with van der Waals surface area (Å²) in [7, 11) is 7.36. The van der Waals surface area contributed by atoms with E-state index in [4.69, 9.17) is 19.5 Å². The summed E-state index contributed by atoms with van der Waals surface area (Å²) in [5.74, 6) is -3.86. The first-order valence-corrected chi connectivity index (χ1v) is 19.0. The van der Waals surface area contributed by atoms with E-state index in [0.29, 0.717) is 60.5 Å². The van der Waals surface area contributed by atoms with Crippen LogP contribution < -0.4 is 11.1 Å². The molecule has 0 spiro atoms. The second kappa shape index (κ2) is 21.9. The molecule has 53 heavy (non-hydrogen) atoms. The lowest BCUT2D eigenvalue weighted by Crippen LogP contribution is -2.17.